The first-order valence-corrected chi connectivity index (χ1v) is 6.79. The van der Waals surface area contributed by atoms with Gasteiger partial charge in [-0.1, -0.05) is 6.92 Å². The molecule has 0 radical (unpaired) electrons. The number of likely N-dealkylation sites (N-methyl/N-ethyl adjacent to an activating group) is 1. The molecule has 1 rings (SSSR count). The highest BCUT2D eigenvalue weighted by Gasteiger charge is 1.98. The van der Waals surface area contributed by atoms with E-state index in [0.717, 1.165) is 39.3 Å². The number of rotatable bonds is 10. The van der Waals surface area contributed by atoms with Crippen molar-refractivity contribution in [2.75, 3.05) is 40.4 Å². The molecule has 0 bridgehead atoms. The number of methoxy groups -OCH3 is 1. The minimum atomic E-state index is 0.802. The van der Waals surface area contributed by atoms with Crippen LogP contribution < -0.4 is 5.32 Å². The smallest absolute Gasteiger partial charge is 0.0589 e. The first kappa shape index (κ1) is 15.2. The molecule has 1 N–H and O–H groups in total. The summed E-state index contributed by atoms with van der Waals surface area (Å²) in [5.74, 6) is 0. The first-order chi connectivity index (χ1) is 8.76. The Morgan fingerprint density at radius 1 is 1.39 bits per heavy atom. The van der Waals surface area contributed by atoms with Crippen molar-refractivity contribution in [3.8, 4) is 0 Å². The number of hydrogen-bond acceptors (Lipinski definition) is 3. The third kappa shape index (κ3) is 6.19. The van der Waals surface area contributed by atoms with Gasteiger partial charge in [-0.3, -0.25) is 0 Å². The number of hydrogen-bond donors (Lipinski definition) is 1. The van der Waals surface area contributed by atoms with Gasteiger partial charge in [0.15, 0.2) is 0 Å². The molecule has 0 aliphatic carbocycles. The van der Waals surface area contributed by atoms with Gasteiger partial charge in [0.25, 0.3) is 0 Å². The third-order valence-electron chi connectivity index (χ3n) is 2.97. The van der Waals surface area contributed by atoms with Crippen LogP contribution in [0.4, 0.5) is 0 Å². The summed E-state index contributed by atoms with van der Waals surface area (Å²) in [4.78, 5) is 2.28. The van der Waals surface area contributed by atoms with Gasteiger partial charge in [0.1, 0.15) is 0 Å². The van der Waals surface area contributed by atoms with Crippen molar-refractivity contribution in [3.63, 3.8) is 0 Å². The Balaban J connectivity index is 2.09. The van der Waals surface area contributed by atoms with E-state index in [2.05, 4.69) is 47.2 Å². The summed E-state index contributed by atoms with van der Waals surface area (Å²) >= 11 is 0. The highest BCUT2D eigenvalue weighted by molar-refractivity contribution is 5.09. The molecule has 1 heterocycles. The lowest BCUT2D eigenvalue weighted by Crippen LogP contribution is -2.31. The van der Waals surface area contributed by atoms with Crippen molar-refractivity contribution in [1.82, 2.24) is 14.8 Å². The van der Waals surface area contributed by atoms with Crippen LogP contribution in [0.2, 0.25) is 0 Å². The fourth-order valence-corrected chi connectivity index (χ4v) is 1.85. The Hall–Kier alpha value is -0.840. The Morgan fingerprint density at radius 2 is 2.22 bits per heavy atom. The molecule has 0 atom stereocenters. The Bertz CT molecular complexity index is 312. The van der Waals surface area contributed by atoms with Crippen molar-refractivity contribution in [3.05, 3.63) is 24.0 Å². The van der Waals surface area contributed by atoms with E-state index < -0.39 is 0 Å². The number of aromatic nitrogens is 1. The van der Waals surface area contributed by atoms with Crippen molar-refractivity contribution in [2.24, 2.45) is 0 Å². The van der Waals surface area contributed by atoms with Crippen LogP contribution in [0.15, 0.2) is 18.5 Å². The Labute approximate surface area is 111 Å². The molecule has 0 unspecified atom stereocenters. The van der Waals surface area contributed by atoms with Crippen LogP contribution in [0.1, 0.15) is 18.9 Å². The third-order valence-corrected chi connectivity index (χ3v) is 2.97. The van der Waals surface area contributed by atoms with Crippen LogP contribution in [0.5, 0.6) is 0 Å². The molecule has 1 aromatic rings. The van der Waals surface area contributed by atoms with Gasteiger partial charge in [-0.2, -0.15) is 0 Å². The van der Waals surface area contributed by atoms with Gasteiger partial charge in [0.05, 0.1) is 6.61 Å². The monoisotopic (exact) mass is 253 g/mol. The molecule has 0 saturated heterocycles. The molecule has 0 saturated carbocycles. The van der Waals surface area contributed by atoms with Crippen molar-refractivity contribution >= 4 is 0 Å². The lowest BCUT2D eigenvalue weighted by molar-refractivity contribution is 0.161. The van der Waals surface area contributed by atoms with Crippen LogP contribution in [-0.2, 0) is 17.8 Å². The van der Waals surface area contributed by atoms with Gasteiger partial charge in [0.2, 0.25) is 0 Å². The maximum atomic E-state index is 5.05. The zero-order valence-corrected chi connectivity index (χ0v) is 12.0. The lowest BCUT2D eigenvalue weighted by Gasteiger charge is -2.15. The summed E-state index contributed by atoms with van der Waals surface area (Å²) in [6, 6.07) is 2.19. The van der Waals surface area contributed by atoms with Crippen LogP contribution in [0, 0.1) is 0 Å². The van der Waals surface area contributed by atoms with E-state index in [9.17, 15) is 0 Å². The normalized spacial score (nSPS) is 11.3. The van der Waals surface area contributed by atoms with Gasteiger partial charge in [-0.25, -0.2) is 0 Å². The van der Waals surface area contributed by atoms with Gasteiger partial charge in [0, 0.05) is 52.2 Å². The van der Waals surface area contributed by atoms with E-state index in [4.69, 9.17) is 4.74 Å². The average molecular weight is 253 g/mol. The Kier molecular flexibility index (Phi) is 7.73. The largest absolute Gasteiger partial charge is 0.383 e. The van der Waals surface area contributed by atoms with E-state index in [0.29, 0.717) is 0 Å². The highest BCUT2D eigenvalue weighted by Crippen LogP contribution is 2.01. The summed E-state index contributed by atoms with van der Waals surface area (Å²) in [5.41, 5.74) is 1.36. The SMILES string of the molecule is CCCn1ccc(CNCCN(C)CCOC)c1. The molecule has 104 valence electrons. The van der Waals surface area contributed by atoms with E-state index in [1.54, 1.807) is 7.11 Å². The second-order valence-corrected chi connectivity index (χ2v) is 4.73. The zero-order chi connectivity index (χ0) is 13.2. The van der Waals surface area contributed by atoms with Gasteiger partial charge >= 0.3 is 0 Å². The maximum absolute atomic E-state index is 5.05. The molecule has 0 amide bonds. The predicted octanol–water partition coefficient (Wildman–Crippen LogP) is 1.57. The summed E-state index contributed by atoms with van der Waals surface area (Å²) < 4.78 is 7.30. The number of ether oxygens (including phenoxy) is 1. The van der Waals surface area contributed by atoms with Crippen molar-refractivity contribution in [1.29, 1.82) is 0 Å². The van der Waals surface area contributed by atoms with Crippen molar-refractivity contribution in [2.45, 2.75) is 26.4 Å². The van der Waals surface area contributed by atoms with Crippen LogP contribution in [0.3, 0.4) is 0 Å². The van der Waals surface area contributed by atoms with E-state index in [1.165, 1.54) is 12.0 Å². The minimum Gasteiger partial charge on any atom is -0.383 e. The van der Waals surface area contributed by atoms with Crippen LogP contribution >= 0.6 is 0 Å². The summed E-state index contributed by atoms with van der Waals surface area (Å²) in [6.07, 6.45) is 5.57. The second kappa shape index (κ2) is 9.14. The molecule has 0 aliphatic rings. The van der Waals surface area contributed by atoms with Gasteiger partial charge in [-0.15, -0.1) is 0 Å². The quantitative estimate of drug-likeness (QED) is 0.642. The number of aryl methyl sites for hydroxylation is 1. The summed E-state index contributed by atoms with van der Waals surface area (Å²) in [6.45, 7) is 8.13. The Morgan fingerprint density at radius 3 is 2.94 bits per heavy atom. The van der Waals surface area contributed by atoms with Gasteiger partial charge in [-0.05, 0) is 25.1 Å². The second-order valence-electron chi connectivity index (χ2n) is 4.73. The van der Waals surface area contributed by atoms with E-state index >= 15 is 0 Å². The van der Waals surface area contributed by atoms with E-state index in [-0.39, 0.29) is 0 Å². The van der Waals surface area contributed by atoms with Crippen molar-refractivity contribution < 1.29 is 4.74 Å². The molecule has 0 aliphatic heterocycles. The first-order valence-electron chi connectivity index (χ1n) is 6.79. The topological polar surface area (TPSA) is 29.4 Å². The minimum absolute atomic E-state index is 0.802. The fraction of sp³-hybridized carbons (Fsp3) is 0.714. The average Bonchev–Trinajstić information content (AvgIpc) is 2.80. The number of nitrogens with one attached hydrogen (secondary N) is 1. The predicted molar refractivity (Wildman–Crippen MR) is 75.8 cm³/mol. The van der Waals surface area contributed by atoms with Gasteiger partial charge < -0.3 is 19.5 Å². The summed E-state index contributed by atoms with van der Waals surface area (Å²) in [7, 11) is 3.87. The molecule has 4 heteroatoms. The molecule has 0 aromatic carbocycles. The van der Waals surface area contributed by atoms with Crippen LogP contribution in [-0.4, -0.2) is 49.9 Å². The molecule has 0 spiro atoms. The fourth-order valence-electron chi connectivity index (χ4n) is 1.85. The lowest BCUT2D eigenvalue weighted by atomic mass is 10.3. The summed E-state index contributed by atoms with van der Waals surface area (Å²) in [5, 5.41) is 3.47. The molecule has 18 heavy (non-hydrogen) atoms. The molecule has 4 nitrogen and oxygen atoms in total. The molecular weight excluding hydrogens is 226 g/mol. The zero-order valence-electron chi connectivity index (χ0n) is 12.0. The maximum Gasteiger partial charge on any atom is 0.0589 e. The highest BCUT2D eigenvalue weighted by atomic mass is 16.5. The van der Waals surface area contributed by atoms with E-state index in [1.807, 2.05) is 0 Å². The standard InChI is InChI=1S/C14H27N3O/c1-4-7-17-8-5-14(13-17)12-15-6-9-16(2)10-11-18-3/h5,8,13,15H,4,6-7,9-12H2,1-3H3. The molecule has 1 aromatic heterocycles. The number of nitrogens with zero attached hydrogens (tertiary/aromatic N) is 2. The molecular formula is C14H27N3O. The molecule has 0 fully saturated rings. The van der Waals surface area contributed by atoms with Crippen LogP contribution in [0.25, 0.3) is 0 Å².